The standard InChI is InChI=1S/C27H27N3O5/c1-5-34-20-9-8-17(13-21(20)33-4)25-22-23(19-12-15(2)11-16(3)26(19)31)28-29-24(22)27(32)30(25)14-18-7-6-10-35-18/h6-13,25,31H,5,14H2,1-4H3,(H,28,29). The molecule has 2 N–H and O–H groups in total. The van der Waals surface area contributed by atoms with E-state index in [-0.39, 0.29) is 18.2 Å². The van der Waals surface area contributed by atoms with Gasteiger partial charge in [0.2, 0.25) is 0 Å². The molecule has 1 aliphatic heterocycles. The van der Waals surface area contributed by atoms with Crippen LogP contribution in [0.5, 0.6) is 17.2 Å². The number of aromatic hydroxyl groups is 1. The van der Waals surface area contributed by atoms with E-state index in [0.717, 1.165) is 16.7 Å². The molecule has 1 unspecified atom stereocenters. The zero-order valence-corrected chi connectivity index (χ0v) is 20.1. The number of amides is 1. The van der Waals surface area contributed by atoms with Crippen molar-refractivity contribution in [3.05, 3.63) is 82.4 Å². The number of phenols is 1. The Balaban J connectivity index is 1.70. The number of hydrogen-bond donors (Lipinski definition) is 2. The van der Waals surface area contributed by atoms with Crippen LogP contribution in [0.25, 0.3) is 11.3 Å². The average Bonchev–Trinajstić information content (AvgIpc) is 3.56. The van der Waals surface area contributed by atoms with Crippen LogP contribution in [0.3, 0.4) is 0 Å². The van der Waals surface area contributed by atoms with Gasteiger partial charge >= 0.3 is 0 Å². The number of rotatable bonds is 7. The van der Waals surface area contributed by atoms with Crippen molar-refractivity contribution in [1.29, 1.82) is 0 Å². The van der Waals surface area contributed by atoms with Crippen molar-refractivity contribution in [3.8, 4) is 28.5 Å². The minimum atomic E-state index is -0.485. The molecule has 4 aromatic rings. The molecule has 1 aliphatic rings. The molecule has 0 saturated heterocycles. The fourth-order valence-electron chi connectivity index (χ4n) is 4.75. The number of benzene rings is 2. The Hall–Kier alpha value is -4.20. The fourth-order valence-corrected chi connectivity index (χ4v) is 4.75. The number of phenolic OH excluding ortho intramolecular Hbond substituents is 1. The van der Waals surface area contributed by atoms with Gasteiger partial charge in [0.05, 0.1) is 32.6 Å². The quantitative estimate of drug-likeness (QED) is 0.385. The minimum Gasteiger partial charge on any atom is -0.507 e. The predicted molar refractivity (Wildman–Crippen MR) is 130 cm³/mol. The SMILES string of the molecule is CCOc1ccc(C2c3c(-c4cc(C)cc(C)c4O)n[nH]c3C(=O)N2Cc2ccco2)cc1OC. The number of carbonyl (C=O) groups excluding carboxylic acids is 1. The summed E-state index contributed by atoms with van der Waals surface area (Å²) in [5.74, 6) is 1.81. The normalized spacial score (nSPS) is 14.9. The first-order valence-corrected chi connectivity index (χ1v) is 11.5. The monoisotopic (exact) mass is 473 g/mol. The van der Waals surface area contributed by atoms with Gasteiger partial charge < -0.3 is 23.9 Å². The van der Waals surface area contributed by atoms with E-state index in [2.05, 4.69) is 10.2 Å². The molecule has 1 atom stereocenters. The van der Waals surface area contributed by atoms with E-state index >= 15 is 0 Å². The van der Waals surface area contributed by atoms with Crippen molar-refractivity contribution in [2.75, 3.05) is 13.7 Å². The summed E-state index contributed by atoms with van der Waals surface area (Å²) in [5, 5.41) is 18.3. The number of furan rings is 1. The van der Waals surface area contributed by atoms with Gasteiger partial charge in [0.25, 0.3) is 5.91 Å². The molecule has 0 aliphatic carbocycles. The van der Waals surface area contributed by atoms with Crippen LogP contribution in [0.2, 0.25) is 0 Å². The van der Waals surface area contributed by atoms with Gasteiger partial charge in [-0.1, -0.05) is 12.1 Å². The summed E-state index contributed by atoms with van der Waals surface area (Å²) in [4.78, 5) is 15.3. The van der Waals surface area contributed by atoms with E-state index in [9.17, 15) is 9.90 Å². The molecule has 35 heavy (non-hydrogen) atoms. The highest BCUT2D eigenvalue weighted by Crippen LogP contribution is 2.47. The maximum Gasteiger partial charge on any atom is 0.273 e. The molecule has 0 bridgehead atoms. The summed E-state index contributed by atoms with van der Waals surface area (Å²) in [6.07, 6.45) is 1.59. The second-order valence-electron chi connectivity index (χ2n) is 8.60. The van der Waals surface area contributed by atoms with Crippen molar-refractivity contribution >= 4 is 5.91 Å². The van der Waals surface area contributed by atoms with Gasteiger partial charge in [-0.2, -0.15) is 5.10 Å². The van der Waals surface area contributed by atoms with Crippen molar-refractivity contribution in [2.24, 2.45) is 0 Å². The van der Waals surface area contributed by atoms with Gasteiger partial charge in [0, 0.05) is 11.1 Å². The first kappa shape index (κ1) is 22.6. The summed E-state index contributed by atoms with van der Waals surface area (Å²) < 4.78 is 16.8. The lowest BCUT2D eigenvalue weighted by molar-refractivity contribution is 0.0716. The molecule has 0 spiro atoms. The van der Waals surface area contributed by atoms with Crippen molar-refractivity contribution in [1.82, 2.24) is 15.1 Å². The zero-order valence-electron chi connectivity index (χ0n) is 20.1. The molecule has 0 fully saturated rings. The predicted octanol–water partition coefficient (Wildman–Crippen LogP) is 5.14. The van der Waals surface area contributed by atoms with Crippen LogP contribution in [-0.4, -0.2) is 39.8 Å². The molecule has 0 radical (unpaired) electrons. The number of aryl methyl sites for hydroxylation is 2. The van der Waals surface area contributed by atoms with Crippen molar-refractivity contribution in [3.63, 3.8) is 0 Å². The molecule has 8 nitrogen and oxygen atoms in total. The van der Waals surface area contributed by atoms with E-state index in [4.69, 9.17) is 13.9 Å². The van der Waals surface area contributed by atoms with Gasteiger partial charge in [-0.25, -0.2) is 0 Å². The number of H-pyrrole nitrogens is 1. The molecule has 3 heterocycles. The third kappa shape index (κ3) is 3.80. The van der Waals surface area contributed by atoms with Gasteiger partial charge in [-0.05, 0) is 67.8 Å². The van der Waals surface area contributed by atoms with Gasteiger partial charge in [-0.3, -0.25) is 9.89 Å². The first-order chi connectivity index (χ1) is 16.9. The topological polar surface area (TPSA) is 101 Å². The molecular weight excluding hydrogens is 446 g/mol. The number of ether oxygens (including phenoxy) is 2. The summed E-state index contributed by atoms with van der Waals surface area (Å²) in [5.41, 5.74) is 4.77. The lowest BCUT2D eigenvalue weighted by Crippen LogP contribution is -2.29. The Morgan fingerprint density at radius 3 is 2.71 bits per heavy atom. The largest absolute Gasteiger partial charge is 0.507 e. The number of fused-ring (bicyclic) bond motifs is 1. The fraction of sp³-hybridized carbons (Fsp3) is 0.259. The Bertz CT molecular complexity index is 1390. The van der Waals surface area contributed by atoms with Crippen LogP contribution in [-0.2, 0) is 6.54 Å². The number of carbonyl (C=O) groups is 1. The molecule has 5 rings (SSSR count). The number of methoxy groups -OCH3 is 1. The van der Waals surface area contributed by atoms with E-state index in [1.165, 1.54) is 0 Å². The highest BCUT2D eigenvalue weighted by molar-refractivity contribution is 6.00. The molecule has 180 valence electrons. The minimum absolute atomic E-state index is 0.143. The lowest BCUT2D eigenvalue weighted by atomic mass is 9.94. The van der Waals surface area contributed by atoms with Gasteiger partial charge in [0.1, 0.15) is 22.9 Å². The Morgan fingerprint density at radius 1 is 1.17 bits per heavy atom. The molecule has 1 amide bonds. The molecule has 2 aromatic heterocycles. The number of aromatic nitrogens is 2. The smallest absolute Gasteiger partial charge is 0.273 e. The summed E-state index contributed by atoms with van der Waals surface area (Å²) in [6.45, 7) is 6.50. The van der Waals surface area contributed by atoms with Crippen LogP contribution >= 0.6 is 0 Å². The summed E-state index contributed by atoms with van der Waals surface area (Å²) in [7, 11) is 1.59. The van der Waals surface area contributed by atoms with Crippen LogP contribution in [0.15, 0.2) is 53.1 Å². The van der Waals surface area contributed by atoms with E-state index in [1.807, 2.05) is 57.2 Å². The number of hydrogen-bond acceptors (Lipinski definition) is 6. The molecule has 8 heteroatoms. The van der Waals surface area contributed by atoms with Crippen LogP contribution < -0.4 is 9.47 Å². The molecule has 0 saturated carbocycles. The summed E-state index contributed by atoms with van der Waals surface area (Å²) >= 11 is 0. The highest BCUT2D eigenvalue weighted by Gasteiger charge is 2.43. The van der Waals surface area contributed by atoms with Crippen LogP contribution in [0, 0.1) is 13.8 Å². The second-order valence-corrected chi connectivity index (χ2v) is 8.60. The third-order valence-corrected chi connectivity index (χ3v) is 6.27. The van der Waals surface area contributed by atoms with E-state index in [1.54, 1.807) is 24.3 Å². The maximum atomic E-state index is 13.6. The summed E-state index contributed by atoms with van der Waals surface area (Å²) in [6, 6.07) is 12.6. The number of aromatic amines is 1. The third-order valence-electron chi connectivity index (χ3n) is 6.27. The van der Waals surface area contributed by atoms with Crippen LogP contribution in [0.4, 0.5) is 0 Å². The van der Waals surface area contributed by atoms with Crippen LogP contribution in [0.1, 0.15) is 51.5 Å². The Labute approximate surface area is 203 Å². The Morgan fingerprint density at radius 2 is 2.00 bits per heavy atom. The van der Waals surface area contributed by atoms with Gasteiger partial charge in [0.15, 0.2) is 11.5 Å². The molecular formula is C27H27N3O5. The molecule has 2 aromatic carbocycles. The maximum absolute atomic E-state index is 13.6. The van der Waals surface area contributed by atoms with Crippen molar-refractivity contribution in [2.45, 2.75) is 33.4 Å². The number of nitrogens with one attached hydrogen (secondary N) is 1. The average molecular weight is 474 g/mol. The van der Waals surface area contributed by atoms with Crippen molar-refractivity contribution < 1.29 is 23.8 Å². The first-order valence-electron chi connectivity index (χ1n) is 11.5. The van der Waals surface area contributed by atoms with Gasteiger partial charge in [-0.15, -0.1) is 0 Å². The highest BCUT2D eigenvalue weighted by atomic mass is 16.5. The van der Waals surface area contributed by atoms with E-state index in [0.29, 0.717) is 46.4 Å². The number of nitrogens with zero attached hydrogens (tertiary/aromatic N) is 2. The lowest BCUT2D eigenvalue weighted by Gasteiger charge is -2.26. The zero-order chi connectivity index (χ0) is 24.7. The Kier molecular flexibility index (Phi) is 5.72. The second kappa shape index (κ2) is 8.87. The van der Waals surface area contributed by atoms with E-state index < -0.39 is 6.04 Å².